The van der Waals surface area contributed by atoms with Crippen LogP contribution in [-0.4, -0.2) is 46.7 Å². The lowest BCUT2D eigenvalue weighted by Crippen LogP contribution is -2.46. The molecule has 1 saturated carbocycles. The molecule has 0 spiro atoms. The van der Waals surface area contributed by atoms with Crippen LogP contribution in [0.25, 0.3) is 11.4 Å². The van der Waals surface area contributed by atoms with Crippen LogP contribution >= 0.6 is 23.3 Å². The van der Waals surface area contributed by atoms with Crippen molar-refractivity contribution in [2.24, 2.45) is 11.8 Å². The highest BCUT2D eigenvalue weighted by Gasteiger charge is 2.28. The minimum absolute atomic E-state index is 0.0329. The Bertz CT molecular complexity index is 1390. The number of aromatic nitrogens is 2. The van der Waals surface area contributed by atoms with Gasteiger partial charge in [-0.2, -0.15) is 0 Å². The summed E-state index contributed by atoms with van der Waals surface area (Å²) in [6, 6.07) is 11.1. The van der Waals surface area contributed by atoms with Crippen LogP contribution in [0, 0.1) is 11.8 Å². The third-order valence-electron chi connectivity index (χ3n) is 9.02. The molecule has 1 atom stereocenters. The summed E-state index contributed by atoms with van der Waals surface area (Å²) < 4.78 is 2.87. The van der Waals surface area contributed by atoms with Gasteiger partial charge in [0.15, 0.2) is 5.82 Å². The number of piperidine rings is 1. The molecule has 47 heavy (non-hydrogen) atoms. The molecular formula is C38H55N5O2S2. The van der Waals surface area contributed by atoms with E-state index in [-0.39, 0.29) is 17.2 Å². The van der Waals surface area contributed by atoms with Gasteiger partial charge >= 0.3 is 0 Å². The molecule has 1 aliphatic heterocycles. The maximum atomic E-state index is 13.1. The molecule has 2 fully saturated rings. The highest BCUT2D eigenvalue weighted by atomic mass is 32.2. The predicted molar refractivity (Wildman–Crippen MR) is 199 cm³/mol. The van der Waals surface area contributed by atoms with Crippen molar-refractivity contribution in [1.29, 1.82) is 0 Å². The number of hydrogen-bond acceptors (Lipinski definition) is 7. The average molecular weight is 678 g/mol. The van der Waals surface area contributed by atoms with E-state index in [1.54, 1.807) is 0 Å². The third-order valence-corrected chi connectivity index (χ3v) is 11.2. The summed E-state index contributed by atoms with van der Waals surface area (Å²) in [4.78, 5) is 39.7. The normalized spacial score (nSPS) is 16.6. The zero-order chi connectivity index (χ0) is 33.8. The number of thiophene rings is 1. The summed E-state index contributed by atoms with van der Waals surface area (Å²) in [6.07, 6.45) is 15.2. The lowest BCUT2D eigenvalue weighted by molar-refractivity contribution is -0.121. The fraction of sp³-hybridized carbons (Fsp3) is 0.579. The standard InChI is InChI=1S/C35H47N5O2S2.C3H8/c1-5-43-39-33(41)29(38-34(42)30-15-16-31(44-30)35(2,3)4)21-24-11-13-27(14-12-24)32-36-22-28(23-37-32)40-19-17-26(18-20-40)25-9-7-6-8-10-25;1-3-2/h11-16,22-23,25-26,29H,5-10,17-21H2,1-4H3,(H,38,42)(H,39,41);3H2,1-2H3. The van der Waals surface area contributed by atoms with Crippen molar-refractivity contribution in [2.45, 2.75) is 111 Å². The van der Waals surface area contributed by atoms with Crippen molar-refractivity contribution in [3.63, 3.8) is 0 Å². The van der Waals surface area contributed by atoms with E-state index in [1.165, 1.54) is 74.7 Å². The van der Waals surface area contributed by atoms with Gasteiger partial charge in [-0.25, -0.2) is 9.97 Å². The van der Waals surface area contributed by atoms with Gasteiger partial charge in [-0.1, -0.05) is 116 Å². The van der Waals surface area contributed by atoms with Crippen LogP contribution in [0.4, 0.5) is 5.69 Å². The highest BCUT2D eigenvalue weighted by molar-refractivity contribution is 7.97. The van der Waals surface area contributed by atoms with Gasteiger partial charge in [0.2, 0.25) is 0 Å². The Morgan fingerprint density at radius 1 is 0.915 bits per heavy atom. The number of hydrogen-bond donors (Lipinski definition) is 2. The quantitative estimate of drug-likeness (QED) is 0.209. The summed E-state index contributed by atoms with van der Waals surface area (Å²) in [7, 11) is 0. The van der Waals surface area contributed by atoms with Gasteiger partial charge in [0.25, 0.3) is 11.8 Å². The smallest absolute Gasteiger partial charge is 0.262 e. The molecule has 7 nitrogen and oxygen atoms in total. The molecule has 0 bridgehead atoms. The Morgan fingerprint density at radius 3 is 2.11 bits per heavy atom. The summed E-state index contributed by atoms with van der Waals surface area (Å²) in [5, 5.41) is 2.98. The first kappa shape index (κ1) is 36.9. The molecule has 3 heterocycles. The van der Waals surface area contributed by atoms with Crippen LogP contribution in [0.15, 0.2) is 48.8 Å². The van der Waals surface area contributed by atoms with Crippen molar-refractivity contribution in [1.82, 2.24) is 20.0 Å². The van der Waals surface area contributed by atoms with Gasteiger partial charge in [0.05, 0.1) is 23.0 Å². The van der Waals surface area contributed by atoms with Gasteiger partial charge in [0.1, 0.15) is 6.04 Å². The molecule has 256 valence electrons. The van der Waals surface area contributed by atoms with Gasteiger partial charge < -0.3 is 10.2 Å². The number of anilines is 1. The third kappa shape index (κ3) is 10.8. The molecule has 5 rings (SSSR count). The molecule has 2 N–H and O–H groups in total. The topological polar surface area (TPSA) is 87.2 Å². The fourth-order valence-electron chi connectivity index (χ4n) is 6.41. The van der Waals surface area contributed by atoms with E-state index >= 15 is 0 Å². The monoisotopic (exact) mass is 677 g/mol. The first-order valence-corrected chi connectivity index (χ1v) is 19.4. The molecule has 1 aromatic carbocycles. The second-order valence-corrected chi connectivity index (χ2v) is 16.1. The summed E-state index contributed by atoms with van der Waals surface area (Å²) in [5.41, 5.74) is 2.95. The van der Waals surface area contributed by atoms with Crippen LogP contribution in [0.2, 0.25) is 0 Å². The maximum absolute atomic E-state index is 13.1. The molecule has 1 unspecified atom stereocenters. The van der Waals surface area contributed by atoms with Crippen molar-refractivity contribution in [2.75, 3.05) is 23.7 Å². The lowest BCUT2D eigenvalue weighted by Gasteiger charge is -2.38. The zero-order valence-electron chi connectivity index (χ0n) is 29.3. The number of nitrogens with one attached hydrogen (secondary N) is 2. The summed E-state index contributed by atoms with van der Waals surface area (Å²) in [6.45, 7) is 14.8. The maximum Gasteiger partial charge on any atom is 0.262 e. The molecule has 0 radical (unpaired) electrons. The Balaban J connectivity index is 0.00000160. The Morgan fingerprint density at radius 2 is 1.53 bits per heavy atom. The van der Waals surface area contributed by atoms with Gasteiger partial charge in [-0.05, 0) is 47.8 Å². The Hall–Kier alpha value is -2.91. The van der Waals surface area contributed by atoms with Crippen LogP contribution < -0.4 is 14.9 Å². The van der Waals surface area contributed by atoms with Gasteiger partial charge in [-0.15, -0.1) is 11.3 Å². The summed E-state index contributed by atoms with van der Waals surface area (Å²) >= 11 is 2.81. The highest BCUT2D eigenvalue weighted by Crippen LogP contribution is 2.36. The SMILES string of the molecule is CCC.CCSNC(=O)C(Cc1ccc(-c2ncc(N3CCC(C4CCCCC4)CC3)cn2)cc1)NC(=O)c1ccc(C(C)(C)C)s1. The Kier molecular flexibility index (Phi) is 14.2. The van der Waals surface area contributed by atoms with Gasteiger partial charge in [0, 0.05) is 35.7 Å². The number of carbonyl (C=O) groups is 2. The largest absolute Gasteiger partial charge is 0.369 e. The molecule has 2 aliphatic rings. The molecule has 2 aromatic heterocycles. The molecule has 1 aliphatic carbocycles. The molecule has 3 aromatic rings. The van der Waals surface area contributed by atoms with E-state index in [4.69, 9.17) is 9.97 Å². The second-order valence-electron chi connectivity index (χ2n) is 13.9. The van der Waals surface area contributed by atoms with Crippen LogP contribution in [0.3, 0.4) is 0 Å². The Labute approximate surface area is 291 Å². The lowest BCUT2D eigenvalue weighted by atomic mass is 9.76. The minimum Gasteiger partial charge on any atom is -0.369 e. The number of amides is 2. The zero-order valence-corrected chi connectivity index (χ0v) is 30.9. The average Bonchev–Trinajstić information content (AvgIpc) is 3.60. The molecule has 1 saturated heterocycles. The van der Waals surface area contributed by atoms with Crippen molar-refractivity contribution in [3.05, 3.63) is 64.1 Å². The van der Waals surface area contributed by atoms with Crippen LogP contribution in [-0.2, 0) is 16.6 Å². The van der Waals surface area contributed by atoms with E-state index < -0.39 is 6.04 Å². The van der Waals surface area contributed by atoms with Crippen molar-refractivity contribution < 1.29 is 9.59 Å². The number of nitrogens with zero attached hydrogens (tertiary/aromatic N) is 3. The van der Waals surface area contributed by atoms with Crippen molar-refractivity contribution in [3.8, 4) is 11.4 Å². The van der Waals surface area contributed by atoms with Gasteiger partial charge in [-0.3, -0.25) is 14.3 Å². The van der Waals surface area contributed by atoms with E-state index in [0.29, 0.717) is 17.1 Å². The first-order valence-electron chi connectivity index (χ1n) is 17.6. The molecule has 2 amide bonds. The van der Waals surface area contributed by atoms with Crippen LogP contribution in [0.1, 0.15) is 113 Å². The van der Waals surface area contributed by atoms with Crippen molar-refractivity contribution >= 4 is 40.8 Å². The number of benzene rings is 1. The fourth-order valence-corrected chi connectivity index (χ4v) is 7.81. The van der Waals surface area contributed by atoms with Crippen LogP contribution in [0.5, 0.6) is 0 Å². The second kappa shape index (κ2) is 18.0. The van der Waals surface area contributed by atoms with E-state index in [0.717, 1.165) is 52.4 Å². The summed E-state index contributed by atoms with van der Waals surface area (Å²) in [5.74, 6) is 2.82. The number of rotatable bonds is 10. The van der Waals surface area contributed by atoms with E-state index in [2.05, 4.69) is 49.6 Å². The first-order chi connectivity index (χ1) is 22.6. The predicted octanol–water partition coefficient (Wildman–Crippen LogP) is 8.84. The number of carbonyl (C=O) groups excluding carboxylic acids is 2. The van der Waals surface area contributed by atoms with E-state index in [1.807, 2.05) is 55.7 Å². The van der Waals surface area contributed by atoms with E-state index in [9.17, 15) is 9.59 Å². The molecular weight excluding hydrogens is 623 g/mol. The molecule has 9 heteroatoms. The minimum atomic E-state index is -0.689.